The Morgan fingerprint density at radius 1 is 0.857 bits per heavy atom. The molecular formula is C23H44O5. The number of unbranched alkanes of at least 4 members (excludes halogenated alkanes) is 13. The zero-order valence-corrected chi connectivity index (χ0v) is 17.8. The fourth-order valence-corrected chi connectivity index (χ4v) is 3.77. The van der Waals surface area contributed by atoms with Gasteiger partial charge in [0.2, 0.25) is 0 Å². The van der Waals surface area contributed by atoms with Crippen LogP contribution in [0.1, 0.15) is 89.9 Å². The van der Waals surface area contributed by atoms with Crippen molar-refractivity contribution in [2.24, 2.45) is 0 Å². The highest BCUT2D eigenvalue weighted by Crippen LogP contribution is 2.20. The van der Waals surface area contributed by atoms with E-state index in [1.165, 1.54) is 70.6 Å². The molecule has 5 heteroatoms. The summed E-state index contributed by atoms with van der Waals surface area (Å²) in [5.41, 5.74) is 0. The summed E-state index contributed by atoms with van der Waals surface area (Å²) in [6.45, 7) is 4.21. The van der Waals surface area contributed by atoms with Crippen molar-refractivity contribution in [1.29, 1.82) is 0 Å². The number of aliphatic hydroxyl groups excluding tert-OH is 3. The van der Waals surface area contributed by atoms with Gasteiger partial charge in [0.15, 0.2) is 0 Å². The van der Waals surface area contributed by atoms with E-state index < -0.39 is 24.4 Å². The molecule has 0 bridgehead atoms. The van der Waals surface area contributed by atoms with Crippen molar-refractivity contribution in [3.63, 3.8) is 0 Å². The van der Waals surface area contributed by atoms with E-state index in [0.29, 0.717) is 6.61 Å². The molecule has 0 radical (unpaired) electrons. The van der Waals surface area contributed by atoms with Gasteiger partial charge in [-0.1, -0.05) is 76.7 Å². The molecule has 0 aromatic carbocycles. The monoisotopic (exact) mass is 400 g/mol. The van der Waals surface area contributed by atoms with E-state index in [1.54, 1.807) is 0 Å². The number of aliphatic hydroxyl groups is 3. The van der Waals surface area contributed by atoms with Crippen molar-refractivity contribution in [2.75, 3.05) is 19.8 Å². The van der Waals surface area contributed by atoms with Crippen LogP contribution >= 0.6 is 0 Å². The van der Waals surface area contributed by atoms with Crippen LogP contribution in [0.25, 0.3) is 0 Å². The van der Waals surface area contributed by atoms with Crippen LogP contribution in [0.2, 0.25) is 0 Å². The van der Waals surface area contributed by atoms with Gasteiger partial charge < -0.3 is 24.8 Å². The summed E-state index contributed by atoms with van der Waals surface area (Å²) in [7, 11) is 0. The molecule has 28 heavy (non-hydrogen) atoms. The normalized spacial score (nSPS) is 23.2. The topological polar surface area (TPSA) is 79.2 Å². The molecule has 1 aliphatic heterocycles. The highest BCUT2D eigenvalue weighted by molar-refractivity contribution is 4.88. The minimum atomic E-state index is -0.977. The van der Waals surface area contributed by atoms with Gasteiger partial charge in [-0.15, -0.1) is 6.58 Å². The molecule has 1 fully saturated rings. The molecule has 1 aliphatic rings. The lowest BCUT2D eigenvalue weighted by Crippen LogP contribution is -2.42. The third kappa shape index (κ3) is 11.5. The van der Waals surface area contributed by atoms with Crippen LogP contribution in [0.3, 0.4) is 0 Å². The second-order valence-electron chi connectivity index (χ2n) is 8.12. The molecule has 0 spiro atoms. The molecule has 1 saturated heterocycles. The summed E-state index contributed by atoms with van der Waals surface area (Å²) >= 11 is 0. The van der Waals surface area contributed by atoms with Crippen molar-refractivity contribution in [2.45, 2.75) is 114 Å². The zero-order chi connectivity index (χ0) is 20.5. The van der Waals surface area contributed by atoms with Gasteiger partial charge in [-0.2, -0.15) is 0 Å². The molecule has 5 nitrogen and oxygen atoms in total. The smallest absolute Gasteiger partial charge is 0.114 e. The molecule has 3 N–H and O–H groups in total. The van der Waals surface area contributed by atoms with Crippen LogP contribution in [-0.4, -0.2) is 59.6 Å². The number of hydrogen-bond acceptors (Lipinski definition) is 5. The summed E-state index contributed by atoms with van der Waals surface area (Å²) < 4.78 is 11.0. The molecule has 0 unspecified atom stereocenters. The van der Waals surface area contributed by atoms with Gasteiger partial charge >= 0.3 is 0 Å². The average Bonchev–Trinajstić information content (AvgIpc) is 3.03. The second-order valence-corrected chi connectivity index (χ2v) is 8.12. The Morgan fingerprint density at radius 3 is 1.79 bits per heavy atom. The van der Waals surface area contributed by atoms with Crippen molar-refractivity contribution in [1.82, 2.24) is 0 Å². The predicted octanol–water partition coefficient (Wildman–Crippen LogP) is 4.13. The van der Waals surface area contributed by atoms with E-state index in [2.05, 4.69) is 6.58 Å². The van der Waals surface area contributed by atoms with Gasteiger partial charge in [0.05, 0.1) is 13.2 Å². The van der Waals surface area contributed by atoms with Crippen LogP contribution in [0, 0.1) is 0 Å². The molecule has 0 amide bonds. The maximum Gasteiger partial charge on any atom is 0.114 e. The average molecular weight is 401 g/mol. The van der Waals surface area contributed by atoms with Crippen molar-refractivity contribution < 1.29 is 24.8 Å². The Labute approximate surface area is 172 Å². The summed E-state index contributed by atoms with van der Waals surface area (Å²) in [4.78, 5) is 0. The van der Waals surface area contributed by atoms with E-state index >= 15 is 0 Å². The Morgan fingerprint density at radius 2 is 1.36 bits per heavy atom. The lowest BCUT2D eigenvalue weighted by atomic mass is 10.0. The quantitative estimate of drug-likeness (QED) is 0.224. The predicted molar refractivity (Wildman–Crippen MR) is 113 cm³/mol. The summed E-state index contributed by atoms with van der Waals surface area (Å²) in [6.07, 6.45) is 16.9. The first-order chi connectivity index (χ1) is 13.7. The highest BCUT2D eigenvalue weighted by Gasteiger charge is 2.40. The lowest BCUT2D eigenvalue weighted by molar-refractivity contribution is -0.101. The maximum atomic E-state index is 9.82. The molecule has 0 aliphatic carbocycles. The van der Waals surface area contributed by atoms with E-state index in [-0.39, 0.29) is 13.2 Å². The largest absolute Gasteiger partial charge is 0.394 e. The van der Waals surface area contributed by atoms with E-state index in [0.717, 1.165) is 19.3 Å². The van der Waals surface area contributed by atoms with Gasteiger partial charge in [0.25, 0.3) is 0 Å². The van der Waals surface area contributed by atoms with Crippen LogP contribution in [0.15, 0.2) is 12.7 Å². The Balaban J connectivity index is 1.83. The summed E-state index contributed by atoms with van der Waals surface area (Å²) in [5, 5.41) is 28.7. The van der Waals surface area contributed by atoms with Crippen LogP contribution in [0.5, 0.6) is 0 Å². The third-order valence-electron chi connectivity index (χ3n) is 5.62. The van der Waals surface area contributed by atoms with Crippen molar-refractivity contribution in [3.8, 4) is 0 Å². The van der Waals surface area contributed by atoms with Crippen molar-refractivity contribution >= 4 is 0 Å². The minimum Gasteiger partial charge on any atom is -0.394 e. The molecule has 1 heterocycles. The first kappa shape index (κ1) is 25.6. The summed E-state index contributed by atoms with van der Waals surface area (Å²) in [5.74, 6) is 0. The zero-order valence-electron chi connectivity index (χ0n) is 17.8. The lowest BCUT2D eigenvalue weighted by Gasteiger charge is -2.24. The molecule has 0 aromatic rings. The van der Waals surface area contributed by atoms with Gasteiger partial charge in [-0.05, 0) is 19.3 Å². The summed E-state index contributed by atoms with van der Waals surface area (Å²) in [6, 6.07) is 0. The number of ether oxygens (including phenoxy) is 2. The Bertz CT molecular complexity index is 363. The molecule has 0 saturated carbocycles. The number of hydrogen-bond donors (Lipinski definition) is 3. The van der Waals surface area contributed by atoms with E-state index in [9.17, 15) is 15.3 Å². The molecule has 1 rings (SSSR count). The van der Waals surface area contributed by atoms with E-state index in [4.69, 9.17) is 9.47 Å². The third-order valence-corrected chi connectivity index (χ3v) is 5.62. The molecule has 166 valence electrons. The Hall–Kier alpha value is -0.460. The van der Waals surface area contributed by atoms with E-state index in [1.807, 2.05) is 6.08 Å². The second kappa shape index (κ2) is 17.4. The number of rotatable bonds is 19. The molecule has 0 aromatic heterocycles. The highest BCUT2D eigenvalue weighted by atomic mass is 16.6. The van der Waals surface area contributed by atoms with Crippen LogP contribution in [0.4, 0.5) is 0 Å². The van der Waals surface area contributed by atoms with Gasteiger partial charge in [0.1, 0.15) is 24.4 Å². The minimum absolute atomic E-state index is 0.0986. The first-order valence-electron chi connectivity index (χ1n) is 11.5. The SMILES string of the molecule is C=CCCCCCCCCCCCCCCCO[C@H](CO)[C@H]1OC[C@H](O)[C@H]1O. The molecule has 4 atom stereocenters. The fraction of sp³-hybridized carbons (Fsp3) is 0.913. The first-order valence-corrected chi connectivity index (χ1v) is 11.5. The molecular weight excluding hydrogens is 356 g/mol. The van der Waals surface area contributed by atoms with Crippen LogP contribution < -0.4 is 0 Å². The van der Waals surface area contributed by atoms with Crippen LogP contribution in [-0.2, 0) is 9.47 Å². The van der Waals surface area contributed by atoms with Gasteiger partial charge in [-0.25, -0.2) is 0 Å². The maximum absolute atomic E-state index is 9.82. The van der Waals surface area contributed by atoms with Gasteiger partial charge in [0, 0.05) is 6.61 Å². The Kier molecular flexibility index (Phi) is 15.9. The van der Waals surface area contributed by atoms with Gasteiger partial charge in [-0.3, -0.25) is 0 Å². The fourth-order valence-electron chi connectivity index (χ4n) is 3.77. The standard InChI is InChI=1S/C23H44O5/c1-2-3-4-5-6-7-8-9-10-11-12-13-14-15-16-17-27-21(18-24)23-22(26)20(25)19-28-23/h2,20-26H,1,3-19H2/t20-,21+,22+,23+/m0/s1. The number of allylic oxidation sites excluding steroid dienone is 1. The van der Waals surface area contributed by atoms with Crippen molar-refractivity contribution in [3.05, 3.63) is 12.7 Å².